The van der Waals surface area contributed by atoms with Crippen LogP contribution in [0, 0.1) is 0 Å². The number of hydrogen-bond acceptors (Lipinski definition) is 4. The number of benzene rings is 1. The van der Waals surface area contributed by atoms with E-state index in [4.69, 9.17) is 15.2 Å². The van der Waals surface area contributed by atoms with E-state index >= 15 is 0 Å². The lowest BCUT2D eigenvalue weighted by atomic mass is 10.0. The summed E-state index contributed by atoms with van der Waals surface area (Å²) >= 11 is 0. The van der Waals surface area contributed by atoms with E-state index in [1.54, 1.807) is 24.3 Å². The molecule has 5 nitrogen and oxygen atoms in total. The first kappa shape index (κ1) is 13.7. The Labute approximate surface area is 113 Å². The van der Waals surface area contributed by atoms with Crippen LogP contribution in [0.5, 0.6) is 0 Å². The first-order valence-electron chi connectivity index (χ1n) is 6.51. The number of rotatable bonds is 2. The van der Waals surface area contributed by atoms with Crippen LogP contribution < -0.4 is 11.1 Å². The molecule has 0 bridgehead atoms. The minimum Gasteiger partial charge on any atom is -0.446 e. The summed E-state index contributed by atoms with van der Waals surface area (Å²) in [5.41, 5.74) is 6.89. The average Bonchev–Trinajstić information content (AvgIpc) is 2.26. The minimum atomic E-state index is -0.447. The summed E-state index contributed by atoms with van der Waals surface area (Å²) < 4.78 is 11.0. The van der Waals surface area contributed by atoms with Crippen molar-refractivity contribution >= 4 is 17.5 Å². The van der Waals surface area contributed by atoms with Crippen molar-refractivity contribution < 1.29 is 14.3 Å². The number of ether oxygens (including phenoxy) is 2. The van der Waals surface area contributed by atoms with Crippen LogP contribution in [0.2, 0.25) is 0 Å². The highest BCUT2D eigenvalue weighted by atomic mass is 16.6. The Balaban J connectivity index is 1.87. The second kappa shape index (κ2) is 5.93. The van der Waals surface area contributed by atoms with Crippen molar-refractivity contribution in [3.05, 3.63) is 24.3 Å². The molecule has 2 rings (SSSR count). The van der Waals surface area contributed by atoms with E-state index in [9.17, 15) is 4.79 Å². The maximum atomic E-state index is 11.8. The van der Waals surface area contributed by atoms with Gasteiger partial charge in [-0.05, 0) is 32.0 Å². The molecule has 0 radical (unpaired) electrons. The highest BCUT2D eigenvalue weighted by molar-refractivity contribution is 5.85. The smallest absolute Gasteiger partial charge is 0.411 e. The molecule has 1 aliphatic rings. The molecule has 1 fully saturated rings. The molecule has 1 heterocycles. The van der Waals surface area contributed by atoms with Crippen LogP contribution in [0.15, 0.2) is 24.3 Å². The fraction of sp³-hybridized carbons (Fsp3) is 0.500. The van der Waals surface area contributed by atoms with E-state index in [1.807, 2.05) is 13.8 Å². The molecule has 0 aromatic heterocycles. The van der Waals surface area contributed by atoms with Gasteiger partial charge in [-0.25, -0.2) is 4.79 Å². The zero-order valence-corrected chi connectivity index (χ0v) is 11.3. The number of hydrogen-bond donors (Lipinski definition) is 2. The van der Waals surface area contributed by atoms with Gasteiger partial charge in [0.25, 0.3) is 0 Å². The van der Waals surface area contributed by atoms with Gasteiger partial charge in [0, 0.05) is 24.2 Å². The SMILES string of the molecule is CC1CC(OC(=O)Nc2cccc(N)c2)CC(C)O1. The molecule has 1 aromatic carbocycles. The third kappa shape index (κ3) is 4.13. The first-order chi connectivity index (χ1) is 9.02. The molecular weight excluding hydrogens is 244 g/mol. The van der Waals surface area contributed by atoms with Crippen LogP contribution in [-0.2, 0) is 9.47 Å². The van der Waals surface area contributed by atoms with E-state index in [2.05, 4.69) is 5.32 Å². The van der Waals surface area contributed by atoms with Crippen molar-refractivity contribution in [1.82, 2.24) is 0 Å². The van der Waals surface area contributed by atoms with Crippen LogP contribution in [0.25, 0.3) is 0 Å². The third-order valence-electron chi connectivity index (χ3n) is 3.06. The number of carbonyl (C=O) groups excluding carboxylic acids is 1. The summed E-state index contributed by atoms with van der Waals surface area (Å²) in [5, 5.41) is 2.68. The molecule has 2 atom stereocenters. The quantitative estimate of drug-likeness (QED) is 0.805. The van der Waals surface area contributed by atoms with Gasteiger partial charge in [0.15, 0.2) is 0 Å². The molecule has 2 unspecified atom stereocenters. The molecule has 19 heavy (non-hydrogen) atoms. The summed E-state index contributed by atoms with van der Waals surface area (Å²) in [6.07, 6.45) is 1.16. The predicted octanol–water partition coefficient (Wildman–Crippen LogP) is 2.77. The monoisotopic (exact) mass is 264 g/mol. The molecule has 0 spiro atoms. The molecule has 1 saturated heterocycles. The lowest BCUT2D eigenvalue weighted by Crippen LogP contribution is -2.36. The maximum Gasteiger partial charge on any atom is 0.411 e. The number of carbonyl (C=O) groups is 1. The zero-order valence-electron chi connectivity index (χ0n) is 11.3. The van der Waals surface area contributed by atoms with Gasteiger partial charge in [-0.2, -0.15) is 0 Å². The Bertz CT molecular complexity index is 440. The normalized spacial score (nSPS) is 26.7. The summed E-state index contributed by atoms with van der Waals surface area (Å²) in [5.74, 6) is 0. The van der Waals surface area contributed by atoms with E-state index in [1.165, 1.54) is 0 Å². The lowest BCUT2D eigenvalue weighted by molar-refractivity contribution is -0.0802. The average molecular weight is 264 g/mol. The predicted molar refractivity (Wildman–Crippen MR) is 74.0 cm³/mol. The molecule has 1 aliphatic heterocycles. The largest absolute Gasteiger partial charge is 0.446 e. The van der Waals surface area contributed by atoms with Crippen molar-refractivity contribution in [2.75, 3.05) is 11.1 Å². The van der Waals surface area contributed by atoms with E-state index in [-0.39, 0.29) is 18.3 Å². The van der Waals surface area contributed by atoms with Crippen LogP contribution >= 0.6 is 0 Å². The van der Waals surface area contributed by atoms with Crippen LogP contribution in [0.4, 0.5) is 16.2 Å². The number of amides is 1. The second-order valence-electron chi connectivity index (χ2n) is 5.01. The van der Waals surface area contributed by atoms with Gasteiger partial charge in [-0.15, -0.1) is 0 Å². The highest BCUT2D eigenvalue weighted by Crippen LogP contribution is 2.22. The molecule has 5 heteroatoms. The van der Waals surface area contributed by atoms with Crippen LogP contribution in [0.3, 0.4) is 0 Å². The summed E-state index contributed by atoms with van der Waals surface area (Å²) in [6.45, 7) is 3.98. The Morgan fingerprint density at radius 2 is 2.05 bits per heavy atom. The van der Waals surface area contributed by atoms with Gasteiger partial charge in [-0.3, -0.25) is 5.32 Å². The molecule has 1 amide bonds. The maximum absolute atomic E-state index is 11.8. The minimum absolute atomic E-state index is 0.0974. The molecule has 104 valence electrons. The lowest BCUT2D eigenvalue weighted by Gasteiger charge is -2.31. The van der Waals surface area contributed by atoms with Gasteiger partial charge in [0.1, 0.15) is 6.10 Å². The van der Waals surface area contributed by atoms with Gasteiger partial charge in [0.05, 0.1) is 12.2 Å². The van der Waals surface area contributed by atoms with Gasteiger partial charge in [-0.1, -0.05) is 6.07 Å². The van der Waals surface area contributed by atoms with Crippen molar-refractivity contribution in [1.29, 1.82) is 0 Å². The van der Waals surface area contributed by atoms with Crippen molar-refractivity contribution in [2.45, 2.75) is 45.0 Å². The standard InChI is InChI=1S/C14H20N2O3/c1-9-6-13(7-10(2)18-9)19-14(17)16-12-5-3-4-11(15)8-12/h3-5,8-10,13H,6-7,15H2,1-2H3,(H,16,17). The third-order valence-corrected chi connectivity index (χ3v) is 3.06. The van der Waals surface area contributed by atoms with Crippen LogP contribution in [0.1, 0.15) is 26.7 Å². The van der Waals surface area contributed by atoms with E-state index in [0.29, 0.717) is 11.4 Å². The fourth-order valence-corrected chi connectivity index (χ4v) is 2.36. The topological polar surface area (TPSA) is 73.6 Å². The van der Waals surface area contributed by atoms with Crippen molar-refractivity contribution in [3.8, 4) is 0 Å². The van der Waals surface area contributed by atoms with E-state index < -0.39 is 6.09 Å². The number of nitrogens with one attached hydrogen (secondary N) is 1. The Hall–Kier alpha value is -1.75. The van der Waals surface area contributed by atoms with Gasteiger partial charge < -0.3 is 15.2 Å². The Morgan fingerprint density at radius 3 is 2.68 bits per heavy atom. The van der Waals surface area contributed by atoms with Gasteiger partial charge >= 0.3 is 6.09 Å². The summed E-state index contributed by atoms with van der Waals surface area (Å²) in [6, 6.07) is 7.01. The first-order valence-corrected chi connectivity index (χ1v) is 6.51. The van der Waals surface area contributed by atoms with E-state index in [0.717, 1.165) is 12.8 Å². The number of nitrogen functional groups attached to an aromatic ring is 1. The second-order valence-corrected chi connectivity index (χ2v) is 5.01. The number of anilines is 2. The van der Waals surface area contributed by atoms with Crippen LogP contribution in [-0.4, -0.2) is 24.4 Å². The summed E-state index contributed by atoms with van der Waals surface area (Å²) in [7, 11) is 0. The molecule has 0 aliphatic carbocycles. The van der Waals surface area contributed by atoms with Crippen molar-refractivity contribution in [3.63, 3.8) is 0 Å². The van der Waals surface area contributed by atoms with Gasteiger partial charge in [0.2, 0.25) is 0 Å². The zero-order chi connectivity index (χ0) is 13.8. The fourth-order valence-electron chi connectivity index (χ4n) is 2.36. The number of nitrogens with two attached hydrogens (primary N) is 1. The Kier molecular flexibility index (Phi) is 4.27. The molecule has 1 aromatic rings. The molecule has 3 N–H and O–H groups in total. The summed E-state index contributed by atoms with van der Waals surface area (Å²) in [4.78, 5) is 11.8. The highest BCUT2D eigenvalue weighted by Gasteiger charge is 2.27. The molecule has 0 saturated carbocycles. The van der Waals surface area contributed by atoms with Crippen molar-refractivity contribution in [2.24, 2.45) is 0 Å². The molecular formula is C14H20N2O3. The Morgan fingerprint density at radius 1 is 1.37 bits per heavy atom.